The van der Waals surface area contributed by atoms with Gasteiger partial charge in [-0.05, 0) is 49.7 Å². The van der Waals surface area contributed by atoms with E-state index in [0.717, 1.165) is 29.0 Å². The number of H-pyrrole nitrogens is 1. The van der Waals surface area contributed by atoms with Crippen molar-refractivity contribution in [3.63, 3.8) is 0 Å². The molecule has 1 fully saturated rings. The van der Waals surface area contributed by atoms with Gasteiger partial charge in [-0.15, -0.1) is 0 Å². The summed E-state index contributed by atoms with van der Waals surface area (Å²) >= 11 is 0. The number of aryl methyl sites for hydroxylation is 1. The highest BCUT2D eigenvalue weighted by molar-refractivity contribution is 5.98. The minimum atomic E-state index is -0.303. The first-order chi connectivity index (χ1) is 12.5. The molecule has 3 heterocycles. The van der Waals surface area contributed by atoms with Crippen LogP contribution in [0.25, 0.3) is 10.9 Å². The quantitative estimate of drug-likeness (QED) is 0.756. The van der Waals surface area contributed by atoms with Crippen molar-refractivity contribution in [3.05, 3.63) is 59.3 Å². The number of hydrogen-bond donors (Lipinski definition) is 2. The monoisotopic (exact) mass is 352 g/mol. The Morgan fingerprint density at radius 2 is 2.15 bits per heavy atom. The standard InChI is InChI=1S/C20H21FN4O/c1-12-7-16(22-2)10-18(23-12)13-5-6-25(11-13)20(26)19-9-14-8-15(21)3-4-17(14)24-19/h3-4,7-10,13,24H,5-6,11H2,1-2H3,(H,22,23). The zero-order valence-corrected chi connectivity index (χ0v) is 14.8. The van der Waals surface area contributed by atoms with E-state index in [1.54, 1.807) is 12.1 Å². The van der Waals surface area contributed by atoms with Gasteiger partial charge in [0.05, 0.1) is 0 Å². The van der Waals surface area contributed by atoms with Crippen LogP contribution < -0.4 is 5.32 Å². The van der Waals surface area contributed by atoms with Crippen LogP contribution in [0.2, 0.25) is 0 Å². The first kappa shape index (κ1) is 16.6. The summed E-state index contributed by atoms with van der Waals surface area (Å²) in [4.78, 5) is 22.4. The average Bonchev–Trinajstić information content (AvgIpc) is 3.27. The Bertz CT molecular complexity index is 981. The van der Waals surface area contributed by atoms with E-state index in [9.17, 15) is 9.18 Å². The Kier molecular flexibility index (Phi) is 4.11. The van der Waals surface area contributed by atoms with E-state index in [4.69, 9.17) is 0 Å². The molecule has 1 aliphatic heterocycles. The number of anilines is 1. The van der Waals surface area contributed by atoms with Gasteiger partial charge in [-0.3, -0.25) is 9.78 Å². The van der Waals surface area contributed by atoms with Gasteiger partial charge in [-0.2, -0.15) is 0 Å². The molecule has 3 aromatic rings. The minimum absolute atomic E-state index is 0.0504. The fourth-order valence-corrected chi connectivity index (χ4v) is 3.62. The van der Waals surface area contributed by atoms with E-state index in [1.807, 2.05) is 24.9 Å². The molecule has 1 aromatic carbocycles. The van der Waals surface area contributed by atoms with Crippen LogP contribution in [0.15, 0.2) is 36.4 Å². The lowest BCUT2D eigenvalue weighted by atomic mass is 10.0. The maximum Gasteiger partial charge on any atom is 0.270 e. The van der Waals surface area contributed by atoms with E-state index in [-0.39, 0.29) is 17.6 Å². The molecule has 0 saturated carbocycles. The van der Waals surface area contributed by atoms with E-state index >= 15 is 0 Å². The summed E-state index contributed by atoms with van der Waals surface area (Å²) in [5.74, 6) is -0.124. The van der Waals surface area contributed by atoms with E-state index in [2.05, 4.69) is 21.4 Å². The molecule has 1 unspecified atom stereocenters. The summed E-state index contributed by atoms with van der Waals surface area (Å²) < 4.78 is 13.4. The summed E-state index contributed by atoms with van der Waals surface area (Å²) in [6.07, 6.45) is 0.889. The van der Waals surface area contributed by atoms with E-state index in [0.29, 0.717) is 24.2 Å². The van der Waals surface area contributed by atoms with Gasteiger partial charge in [0.2, 0.25) is 0 Å². The third-order valence-corrected chi connectivity index (χ3v) is 4.97. The topological polar surface area (TPSA) is 61.0 Å². The maximum absolute atomic E-state index is 13.4. The Balaban J connectivity index is 1.54. The van der Waals surface area contributed by atoms with Crippen molar-refractivity contribution in [1.29, 1.82) is 0 Å². The number of likely N-dealkylation sites (tertiary alicyclic amines) is 1. The second-order valence-corrected chi connectivity index (χ2v) is 6.82. The highest BCUT2D eigenvalue weighted by Crippen LogP contribution is 2.29. The SMILES string of the molecule is CNc1cc(C)nc(C2CCN(C(=O)c3cc4cc(F)ccc4[nH]3)C2)c1. The molecular formula is C20H21FN4O. The number of hydrogen-bond acceptors (Lipinski definition) is 3. The van der Waals surface area contributed by atoms with Crippen molar-refractivity contribution in [2.24, 2.45) is 0 Å². The fraction of sp³-hybridized carbons (Fsp3) is 0.300. The van der Waals surface area contributed by atoms with Crippen LogP contribution >= 0.6 is 0 Å². The predicted octanol–water partition coefficient (Wildman–Crippen LogP) is 3.68. The molecule has 4 rings (SSSR count). The lowest BCUT2D eigenvalue weighted by molar-refractivity contribution is 0.0786. The first-order valence-electron chi connectivity index (χ1n) is 8.77. The number of nitrogens with one attached hydrogen (secondary N) is 2. The smallest absolute Gasteiger partial charge is 0.270 e. The van der Waals surface area contributed by atoms with Crippen LogP contribution in [-0.2, 0) is 0 Å². The molecule has 1 aliphatic rings. The molecule has 6 heteroatoms. The molecular weight excluding hydrogens is 331 g/mol. The lowest BCUT2D eigenvalue weighted by Gasteiger charge is -2.16. The number of fused-ring (bicyclic) bond motifs is 1. The van der Waals surface area contributed by atoms with Crippen LogP contribution in [-0.4, -0.2) is 40.9 Å². The molecule has 0 spiro atoms. The zero-order valence-electron chi connectivity index (χ0n) is 14.8. The largest absolute Gasteiger partial charge is 0.388 e. The number of benzene rings is 1. The van der Waals surface area contributed by atoms with Gasteiger partial charge >= 0.3 is 0 Å². The van der Waals surface area contributed by atoms with Crippen LogP contribution in [0, 0.1) is 12.7 Å². The fourth-order valence-electron chi connectivity index (χ4n) is 3.62. The van der Waals surface area contributed by atoms with Gasteiger partial charge in [0.1, 0.15) is 11.5 Å². The van der Waals surface area contributed by atoms with Crippen molar-refractivity contribution in [3.8, 4) is 0 Å². The second-order valence-electron chi connectivity index (χ2n) is 6.82. The van der Waals surface area contributed by atoms with E-state index < -0.39 is 0 Å². The lowest BCUT2D eigenvalue weighted by Crippen LogP contribution is -2.28. The van der Waals surface area contributed by atoms with Gasteiger partial charge in [-0.25, -0.2) is 4.39 Å². The Morgan fingerprint density at radius 1 is 1.31 bits per heavy atom. The Labute approximate surface area is 151 Å². The highest BCUT2D eigenvalue weighted by Gasteiger charge is 2.29. The van der Waals surface area contributed by atoms with Crippen LogP contribution in [0.4, 0.5) is 10.1 Å². The summed E-state index contributed by atoms with van der Waals surface area (Å²) in [6, 6.07) is 10.3. The Hall–Kier alpha value is -2.89. The highest BCUT2D eigenvalue weighted by atomic mass is 19.1. The van der Waals surface area contributed by atoms with Crippen LogP contribution in [0.1, 0.15) is 34.2 Å². The van der Waals surface area contributed by atoms with Gasteiger partial charge in [-0.1, -0.05) is 0 Å². The van der Waals surface area contributed by atoms with Crippen molar-refractivity contribution in [2.75, 3.05) is 25.5 Å². The number of aromatic amines is 1. The number of aromatic nitrogens is 2. The molecule has 1 saturated heterocycles. The summed E-state index contributed by atoms with van der Waals surface area (Å²) in [5, 5.41) is 3.87. The number of carbonyl (C=O) groups excluding carboxylic acids is 1. The summed E-state index contributed by atoms with van der Waals surface area (Å²) in [7, 11) is 1.89. The van der Waals surface area contributed by atoms with Crippen molar-refractivity contribution in [1.82, 2.24) is 14.9 Å². The van der Waals surface area contributed by atoms with Crippen molar-refractivity contribution in [2.45, 2.75) is 19.3 Å². The summed E-state index contributed by atoms with van der Waals surface area (Å²) in [5.41, 5.74) is 4.29. The van der Waals surface area contributed by atoms with E-state index in [1.165, 1.54) is 12.1 Å². The van der Waals surface area contributed by atoms with Crippen LogP contribution in [0.3, 0.4) is 0 Å². The zero-order chi connectivity index (χ0) is 18.3. The molecule has 2 aromatic heterocycles. The normalized spacial score (nSPS) is 17.0. The molecule has 1 atom stereocenters. The first-order valence-corrected chi connectivity index (χ1v) is 8.77. The molecule has 0 radical (unpaired) electrons. The van der Waals surface area contributed by atoms with Crippen LogP contribution in [0.5, 0.6) is 0 Å². The predicted molar refractivity (Wildman–Crippen MR) is 100 cm³/mol. The number of pyridine rings is 1. The minimum Gasteiger partial charge on any atom is -0.388 e. The number of amides is 1. The summed E-state index contributed by atoms with van der Waals surface area (Å²) in [6.45, 7) is 3.31. The van der Waals surface area contributed by atoms with Gasteiger partial charge < -0.3 is 15.2 Å². The third kappa shape index (κ3) is 3.03. The molecule has 5 nitrogen and oxygen atoms in total. The number of rotatable bonds is 3. The molecule has 0 aliphatic carbocycles. The van der Waals surface area contributed by atoms with Gasteiger partial charge in [0.15, 0.2) is 0 Å². The molecule has 0 bridgehead atoms. The van der Waals surface area contributed by atoms with Gasteiger partial charge in [0.25, 0.3) is 5.91 Å². The third-order valence-electron chi connectivity index (χ3n) is 4.97. The van der Waals surface area contributed by atoms with Crippen molar-refractivity contribution >= 4 is 22.5 Å². The molecule has 134 valence electrons. The average molecular weight is 352 g/mol. The molecule has 2 N–H and O–H groups in total. The molecule has 1 amide bonds. The van der Waals surface area contributed by atoms with Gasteiger partial charge in [0, 0.05) is 54.0 Å². The molecule has 26 heavy (non-hydrogen) atoms. The second kappa shape index (κ2) is 6.44. The van der Waals surface area contributed by atoms with Crippen molar-refractivity contribution < 1.29 is 9.18 Å². The Morgan fingerprint density at radius 3 is 2.96 bits per heavy atom. The number of carbonyl (C=O) groups is 1. The number of nitrogens with zero attached hydrogens (tertiary/aromatic N) is 2. The number of halogens is 1. The maximum atomic E-state index is 13.4.